The number of rotatable bonds is 2. The fourth-order valence-electron chi connectivity index (χ4n) is 1.83. The normalized spacial score (nSPS) is 18.4. The van der Waals surface area contributed by atoms with E-state index in [4.69, 9.17) is 11.6 Å². The zero-order chi connectivity index (χ0) is 12.5. The largest absolute Gasteiger partial charge is 0.368 e. The molecule has 0 N–H and O–H groups in total. The van der Waals surface area contributed by atoms with Crippen molar-refractivity contribution in [3.63, 3.8) is 0 Å². The molecule has 2 rings (SSSR count). The maximum absolute atomic E-state index is 11.4. The lowest BCUT2D eigenvalue weighted by Crippen LogP contribution is -2.48. The van der Waals surface area contributed by atoms with E-state index in [9.17, 15) is 8.42 Å². The van der Waals surface area contributed by atoms with Gasteiger partial charge < -0.3 is 4.90 Å². The zero-order valence-corrected chi connectivity index (χ0v) is 11.1. The van der Waals surface area contributed by atoms with Crippen molar-refractivity contribution < 1.29 is 8.42 Å². The molecule has 0 radical (unpaired) electrons. The van der Waals surface area contributed by atoms with Gasteiger partial charge in [-0.25, -0.2) is 13.4 Å². The topological polar surface area (TPSA) is 53.5 Å². The third-order valence-electron chi connectivity index (χ3n) is 2.78. The predicted molar refractivity (Wildman–Crippen MR) is 67.9 cm³/mol. The molecule has 0 bridgehead atoms. The smallest absolute Gasteiger partial charge is 0.211 e. The highest BCUT2D eigenvalue weighted by Crippen LogP contribution is 2.17. The molecule has 0 amide bonds. The molecule has 1 saturated heterocycles. The first-order valence-corrected chi connectivity index (χ1v) is 7.51. The van der Waals surface area contributed by atoms with Gasteiger partial charge in [0.15, 0.2) is 0 Å². The first-order chi connectivity index (χ1) is 7.97. The van der Waals surface area contributed by atoms with Crippen molar-refractivity contribution in [3.05, 3.63) is 23.5 Å². The lowest BCUT2D eigenvalue weighted by molar-refractivity contribution is 0.388. The van der Waals surface area contributed by atoms with Crippen LogP contribution >= 0.6 is 11.6 Å². The lowest BCUT2D eigenvalue weighted by Gasteiger charge is -2.34. The Kier molecular flexibility index (Phi) is 3.56. The Bertz CT molecular complexity index is 481. The quantitative estimate of drug-likeness (QED) is 0.750. The number of sulfonamides is 1. The molecular formula is C10H14ClN3O2S. The second kappa shape index (κ2) is 4.80. The second-order valence-electron chi connectivity index (χ2n) is 3.99. The highest BCUT2D eigenvalue weighted by molar-refractivity contribution is 7.88. The van der Waals surface area contributed by atoms with Crippen LogP contribution in [0.25, 0.3) is 0 Å². The van der Waals surface area contributed by atoms with Gasteiger partial charge in [0.2, 0.25) is 10.0 Å². The summed E-state index contributed by atoms with van der Waals surface area (Å²) in [5, 5.41) is 0.462. The van der Waals surface area contributed by atoms with E-state index in [0.717, 1.165) is 5.69 Å². The van der Waals surface area contributed by atoms with E-state index in [0.29, 0.717) is 31.3 Å². The lowest BCUT2D eigenvalue weighted by atomic mass is 10.3. The molecule has 5 nitrogen and oxygen atoms in total. The number of pyridine rings is 1. The molecule has 94 valence electrons. The second-order valence-corrected chi connectivity index (χ2v) is 6.36. The van der Waals surface area contributed by atoms with E-state index in [1.54, 1.807) is 12.3 Å². The van der Waals surface area contributed by atoms with Crippen molar-refractivity contribution in [3.8, 4) is 0 Å². The van der Waals surface area contributed by atoms with E-state index in [1.165, 1.54) is 10.6 Å². The van der Waals surface area contributed by atoms with E-state index < -0.39 is 10.0 Å². The number of piperazine rings is 1. The van der Waals surface area contributed by atoms with Crippen LogP contribution in [-0.4, -0.2) is 50.1 Å². The number of nitrogens with zero attached hydrogens (tertiary/aromatic N) is 3. The molecule has 0 unspecified atom stereocenters. The molecule has 2 heterocycles. The summed E-state index contributed by atoms with van der Waals surface area (Å²) >= 11 is 5.72. The van der Waals surface area contributed by atoms with Gasteiger partial charge in [-0.05, 0) is 12.1 Å². The Balaban J connectivity index is 2.02. The minimum atomic E-state index is -3.07. The first kappa shape index (κ1) is 12.6. The molecule has 1 aliphatic rings. The van der Waals surface area contributed by atoms with E-state index in [-0.39, 0.29) is 0 Å². The molecule has 1 fully saturated rings. The van der Waals surface area contributed by atoms with Gasteiger partial charge in [0.25, 0.3) is 0 Å². The van der Waals surface area contributed by atoms with Crippen LogP contribution in [0.2, 0.25) is 5.15 Å². The van der Waals surface area contributed by atoms with Gasteiger partial charge >= 0.3 is 0 Å². The Morgan fingerprint density at radius 1 is 1.24 bits per heavy atom. The van der Waals surface area contributed by atoms with E-state index in [2.05, 4.69) is 9.88 Å². The van der Waals surface area contributed by atoms with Crippen molar-refractivity contribution >= 4 is 27.3 Å². The minimum absolute atomic E-state index is 0.462. The maximum atomic E-state index is 11.4. The molecule has 0 aliphatic carbocycles. The molecule has 1 aliphatic heterocycles. The number of aromatic nitrogens is 1. The SMILES string of the molecule is CS(=O)(=O)N1CCN(c2ccc(Cl)nc2)CC1. The monoisotopic (exact) mass is 275 g/mol. The van der Waals surface area contributed by atoms with Crippen LogP contribution in [0.3, 0.4) is 0 Å². The molecule has 0 atom stereocenters. The standard InChI is InChI=1S/C10H14ClN3O2S/c1-17(15,16)14-6-4-13(5-7-14)9-2-3-10(11)12-8-9/h2-3,8H,4-7H2,1H3. The van der Waals surface area contributed by atoms with Crippen LogP contribution in [0.15, 0.2) is 18.3 Å². The van der Waals surface area contributed by atoms with Gasteiger partial charge in [-0.1, -0.05) is 11.6 Å². The summed E-state index contributed by atoms with van der Waals surface area (Å²) in [7, 11) is -3.07. The third-order valence-corrected chi connectivity index (χ3v) is 4.31. The van der Waals surface area contributed by atoms with E-state index in [1.807, 2.05) is 6.07 Å². The third kappa shape index (κ3) is 3.08. The minimum Gasteiger partial charge on any atom is -0.368 e. The average Bonchev–Trinajstić information content (AvgIpc) is 2.29. The van der Waals surface area contributed by atoms with Crippen LogP contribution in [0.4, 0.5) is 5.69 Å². The van der Waals surface area contributed by atoms with Gasteiger partial charge in [0.05, 0.1) is 18.1 Å². The van der Waals surface area contributed by atoms with E-state index >= 15 is 0 Å². The van der Waals surface area contributed by atoms with Gasteiger partial charge in [0, 0.05) is 26.2 Å². The van der Waals surface area contributed by atoms with Gasteiger partial charge in [-0.2, -0.15) is 4.31 Å². The summed E-state index contributed by atoms with van der Waals surface area (Å²) in [6.07, 6.45) is 2.95. The van der Waals surface area contributed by atoms with Crippen LogP contribution in [0, 0.1) is 0 Å². The Labute approximate surface area is 106 Å². The number of hydrogen-bond acceptors (Lipinski definition) is 4. The number of halogens is 1. The van der Waals surface area contributed by atoms with Crippen LogP contribution in [-0.2, 0) is 10.0 Å². The van der Waals surface area contributed by atoms with Crippen LogP contribution in [0.5, 0.6) is 0 Å². The fourth-order valence-corrected chi connectivity index (χ4v) is 2.77. The van der Waals surface area contributed by atoms with Gasteiger partial charge in [-0.3, -0.25) is 0 Å². The summed E-state index contributed by atoms with van der Waals surface area (Å²) in [5.41, 5.74) is 0.975. The van der Waals surface area contributed by atoms with Crippen molar-refractivity contribution in [2.24, 2.45) is 0 Å². The zero-order valence-electron chi connectivity index (χ0n) is 9.50. The molecular weight excluding hydrogens is 262 g/mol. The maximum Gasteiger partial charge on any atom is 0.211 e. The Morgan fingerprint density at radius 3 is 2.35 bits per heavy atom. The molecule has 7 heteroatoms. The summed E-state index contributed by atoms with van der Waals surface area (Å²) in [5.74, 6) is 0. The summed E-state index contributed by atoms with van der Waals surface area (Å²) in [6, 6.07) is 3.63. The first-order valence-electron chi connectivity index (χ1n) is 5.28. The number of hydrogen-bond donors (Lipinski definition) is 0. The highest BCUT2D eigenvalue weighted by Gasteiger charge is 2.23. The molecule has 17 heavy (non-hydrogen) atoms. The fraction of sp³-hybridized carbons (Fsp3) is 0.500. The van der Waals surface area contributed by atoms with Crippen LogP contribution < -0.4 is 4.90 Å². The van der Waals surface area contributed by atoms with Crippen molar-refractivity contribution in [2.45, 2.75) is 0 Å². The Morgan fingerprint density at radius 2 is 1.88 bits per heavy atom. The van der Waals surface area contributed by atoms with Gasteiger partial charge in [-0.15, -0.1) is 0 Å². The Hall–Kier alpha value is -0.850. The van der Waals surface area contributed by atoms with Crippen molar-refractivity contribution in [1.29, 1.82) is 0 Å². The molecule has 1 aromatic heterocycles. The summed E-state index contributed by atoms with van der Waals surface area (Å²) in [4.78, 5) is 6.12. The number of anilines is 1. The van der Waals surface area contributed by atoms with Crippen molar-refractivity contribution in [1.82, 2.24) is 9.29 Å². The predicted octanol–water partition coefficient (Wildman–Crippen LogP) is 0.817. The van der Waals surface area contributed by atoms with Crippen LogP contribution in [0.1, 0.15) is 0 Å². The molecule has 0 saturated carbocycles. The molecule has 0 aromatic carbocycles. The average molecular weight is 276 g/mol. The molecule has 0 spiro atoms. The summed E-state index contributed by atoms with van der Waals surface area (Å²) < 4.78 is 24.2. The van der Waals surface area contributed by atoms with Crippen molar-refractivity contribution in [2.75, 3.05) is 37.3 Å². The van der Waals surface area contributed by atoms with Gasteiger partial charge in [0.1, 0.15) is 5.15 Å². The molecule has 1 aromatic rings. The highest BCUT2D eigenvalue weighted by atomic mass is 35.5. The summed E-state index contributed by atoms with van der Waals surface area (Å²) in [6.45, 7) is 2.38.